The molecule has 1 unspecified atom stereocenters. The number of anilines is 3. The van der Waals surface area contributed by atoms with E-state index in [1.54, 1.807) is 15.9 Å². The summed E-state index contributed by atoms with van der Waals surface area (Å²) in [5.74, 6) is -0.0155. The monoisotopic (exact) mass is 490 g/mol. The Morgan fingerprint density at radius 2 is 1.75 bits per heavy atom. The van der Waals surface area contributed by atoms with Crippen molar-refractivity contribution in [3.05, 3.63) is 53.6 Å². The van der Waals surface area contributed by atoms with E-state index in [1.165, 1.54) is 5.56 Å². The van der Waals surface area contributed by atoms with Crippen LogP contribution in [0.3, 0.4) is 0 Å². The molecule has 3 aliphatic rings. The summed E-state index contributed by atoms with van der Waals surface area (Å²) in [6.45, 7) is 7.08. The Morgan fingerprint density at radius 3 is 2.47 bits per heavy atom. The first-order chi connectivity index (χ1) is 17.4. The van der Waals surface area contributed by atoms with Gasteiger partial charge in [0.05, 0.1) is 24.6 Å². The molecule has 0 aliphatic carbocycles. The summed E-state index contributed by atoms with van der Waals surface area (Å²) in [4.78, 5) is 45.3. The zero-order valence-electron chi connectivity index (χ0n) is 21.0. The van der Waals surface area contributed by atoms with Gasteiger partial charge in [-0.15, -0.1) is 0 Å². The Hall–Kier alpha value is -3.39. The minimum atomic E-state index is -0.273. The standard InChI is InChI=1S/C28H34N4O4/c1-19(2)20-6-9-22(10-7-20)29-26(33)18-32-25-17-21(27(34)30-13-15-36-16-14-30)8-11-23(25)31-12-4-3-5-24(31)28(32)35/h6-11,17,19,24H,3-5,12-16,18H2,1-2H3,(H,29,33). The van der Waals surface area contributed by atoms with Crippen LogP contribution >= 0.6 is 0 Å². The molecule has 3 amide bonds. The fraction of sp³-hybridized carbons (Fsp3) is 0.464. The lowest BCUT2D eigenvalue weighted by Gasteiger charge is -2.45. The molecular formula is C28H34N4O4. The first-order valence-electron chi connectivity index (χ1n) is 12.9. The van der Waals surface area contributed by atoms with E-state index in [9.17, 15) is 14.4 Å². The van der Waals surface area contributed by atoms with E-state index in [1.807, 2.05) is 36.4 Å². The van der Waals surface area contributed by atoms with Crippen molar-refractivity contribution in [1.29, 1.82) is 0 Å². The van der Waals surface area contributed by atoms with Crippen LogP contribution in [0.1, 0.15) is 54.9 Å². The van der Waals surface area contributed by atoms with Gasteiger partial charge in [-0.1, -0.05) is 26.0 Å². The molecule has 0 aromatic heterocycles. The van der Waals surface area contributed by atoms with Gasteiger partial charge in [0.25, 0.3) is 5.91 Å². The predicted molar refractivity (Wildman–Crippen MR) is 140 cm³/mol. The van der Waals surface area contributed by atoms with Crippen molar-refractivity contribution in [1.82, 2.24) is 4.90 Å². The smallest absolute Gasteiger partial charge is 0.254 e. The largest absolute Gasteiger partial charge is 0.378 e. The van der Waals surface area contributed by atoms with Crippen LogP contribution in [0, 0.1) is 0 Å². The second-order valence-electron chi connectivity index (χ2n) is 10.1. The number of piperidine rings is 1. The highest BCUT2D eigenvalue weighted by atomic mass is 16.5. The molecule has 3 aliphatic heterocycles. The van der Waals surface area contributed by atoms with Crippen LogP contribution in [0.5, 0.6) is 0 Å². The maximum Gasteiger partial charge on any atom is 0.254 e. The first kappa shape index (κ1) is 24.3. The highest BCUT2D eigenvalue weighted by molar-refractivity contribution is 6.11. The molecule has 0 saturated carbocycles. The van der Waals surface area contributed by atoms with Crippen LogP contribution in [0.25, 0.3) is 0 Å². The number of ether oxygens (including phenoxy) is 1. The maximum atomic E-state index is 13.6. The number of nitrogens with zero attached hydrogens (tertiary/aromatic N) is 3. The normalized spacial score (nSPS) is 19.7. The van der Waals surface area contributed by atoms with E-state index in [0.29, 0.717) is 49.2 Å². The van der Waals surface area contributed by atoms with E-state index in [-0.39, 0.29) is 30.3 Å². The molecule has 2 aromatic carbocycles. The van der Waals surface area contributed by atoms with Gasteiger partial charge in [0.15, 0.2) is 0 Å². The number of fused-ring (bicyclic) bond motifs is 3. The number of hydrogen-bond donors (Lipinski definition) is 1. The third-order valence-corrected chi connectivity index (χ3v) is 7.34. The van der Waals surface area contributed by atoms with Crippen molar-refractivity contribution in [2.24, 2.45) is 0 Å². The van der Waals surface area contributed by atoms with Gasteiger partial charge >= 0.3 is 0 Å². The van der Waals surface area contributed by atoms with Gasteiger partial charge in [0.2, 0.25) is 11.8 Å². The summed E-state index contributed by atoms with van der Waals surface area (Å²) in [5, 5.41) is 2.93. The predicted octanol–water partition coefficient (Wildman–Crippen LogP) is 3.63. The summed E-state index contributed by atoms with van der Waals surface area (Å²) >= 11 is 0. The molecule has 1 N–H and O–H groups in total. The molecule has 8 heteroatoms. The number of amides is 3. The van der Waals surface area contributed by atoms with Crippen molar-refractivity contribution < 1.29 is 19.1 Å². The Bertz CT molecular complexity index is 1140. The summed E-state index contributed by atoms with van der Waals surface area (Å²) < 4.78 is 5.38. The fourth-order valence-corrected chi connectivity index (χ4v) is 5.30. The molecule has 2 fully saturated rings. The number of rotatable bonds is 5. The number of hydrogen-bond acceptors (Lipinski definition) is 5. The van der Waals surface area contributed by atoms with Crippen LogP contribution in [0.2, 0.25) is 0 Å². The average molecular weight is 491 g/mol. The van der Waals surface area contributed by atoms with E-state index in [0.717, 1.165) is 31.5 Å². The van der Waals surface area contributed by atoms with Crippen molar-refractivity contribution in [2.75, 3.05) is 54.5 Å². The van der Waals surface area contributed by atoms with Gasteiger partial charge in [-0.25, -0.2) is 0 Å². The zero-order valence-corrected chi connectivity index (χ0v) is 21.0. The number of morpholine rings is 1. The Balaban J connectivity index is 1.41. The zero-order chi connectivity index (χ0) is 25.2. The van der Waals surface area contributed by atoms with E-state index in [2.05, 4.69) is 24.1 Å². The maximum absolute atomic E-state index is 13.6. The molecular weight excluding hydrogens is 456 g/mol. The highest BCUT2D eigenvalue weighted by Crippen LogP contribution is 2.40. The van der Waals surface area contributed by atoms with E-state index < -0.39 is 0 Å². The van der Waals surface area contributed by atoms with Gasteiger partial charge < -0.3 is 19.9 Å². The number of carbonyl (C=O) groups excluding carboxylic acids is 3. The van der Waals surface area contributed by atoms with Gasteiger partial charge in [0, 0.05) is 30.9 Å². The molecule has 5 rings (SSSR count). The molecule has 2 aromatic rings. The molecule has 0 radical (unpaired) electrons. The van der Waals surface area contributed by atoms with Gasteiger partial charge in [-0.3, -0.25) is 19.3 Å². The quantitative estimate of drug-likeness (QED) is 0.692. The number of benzene rings is 2. The van der Waals surface area contributed by atoms with Crippen molar-refractivity contribution in [3.63, 3.8) is 0 Å². The van der Waals surface area contributed by atoms with Gasteiger partial charge in [0.1, 0.15) is 12.6 Å². The second kappa shape index (κ2) is 10.3. The SMILES string of the molecule is CC(C)c1ccc(NC(=O)CN2C(=O)C3CCCCN3c3ccc(C(=O)N4CCOCC4)cc32)cc1. The van der Waals surface area contributed by atoms with E-state index in [4.69, 9.17) is 4.74 Å². The molecule has 2 saturated heterocycles. The highest BCUT2D eigenvalue weighted by Gasteiger charge is 2.40. The Kier molecular flexibility index (Phi) is 6.96. The van der Waals surface area contributed by atoms with Gasteiger partial charge in [-0.05, 0) is 61.1 Å². The molecule has 3 heterocycles. The van der Waals surface area contributed by atoms with Crippen LogP contribution < -0.4 is 15.1 Å². The minimum absolute atomic E-state index is 0.0797. The third-order valence-electron chi connectivity index (χ3n) is 7.34. The lowest BCUT2D eigenvalue weighted by Crippen LogP contribution is -2.56. The van der Waals surface area contributed by atoms with E-state index >= 15 is 0 Å². The lowest BCUT2D eigenvalue weighted by molar-refractivity contribution is -0.123. The lowest BCUT2D eigenvalue weighted by atomic mass is 9.95. The summed E-state index contributed by atoms with van der Waals surface area (Å²) in [7, 11) is 0. The molecule has 1 atom stereocenters. The van der Waals surface area contributed by atoms with Crippen molar-refractivity contribution >= 4 is 34.8 Å². The molecule has 36 heavy (non-hydrogen) atoms. The molecule has 190 valence electrons. The Labute approximate surface area is 212 Å². The van der Waals surface area contributed by atoms with Crippen molar-refractivity contribution in [3.8, 4) is 0 Å². The molecule has 0 bridgehead atoms. The molecule has 0 spiro atoms. The summed E-state index contributed by atoms with van der Waals surface area (Å²) in [5.41, 5.74) is 3.95. The second-order valence-corrected chi connectivity index (χ2v) is 10.1. The topological polar surface area (TPSA) is 82.2 Å². The van der Waals surface area contributed by atoms with Crippen LogP contribution in [-0.2, 0) is 14.3 Å². The average Bonchev–Trinajstić information content (AvgIpc) is 2.91. The first-order valence-corrected chi connectivity index (χ1v) is 12.9. The number of carbonyl (C=O) groups is 3. The molecule has 8 nitrogen and oxygen atoms in total. The van der Waals surface area contributed by atoms with Crippen LogP contribution in [0.15, 0.2) is 42.5 Å². The van der Waals surface area contributed by atoms with Gasteiger partial charge in [-0.2, -0.15) is 0 Å². The van der Waals surface area contributed by atoms with Crippen LogP contribution in [-0.4, -0.2) is 68.1 Å². The summed E-state index contributed by atoms with van der Waals surface area (Å²) in [6, 6.07) is 13.1. The van der Waals surface area contributed by atoms with Crippen LogP contribution in [0.4, 0.5) is 17.1 Å². The minimum Gasteiger partial charge on any atom is -0.378 e. The third kappa shape index (κ3) is 4.82. The Morgan fingerprint density at radius 1 is 1.00 bits per heavy atom. The number of nitrogens with one attached hydrogen (secondary N) is 1. The van der Waals surface area contributed by atoms with Crippen molar-refractivity contribution in [2.45, 2.75) is 45.1 Å². The fourth-order valence-electron chi connectivity index (χ4n) is 5.30. The summed E-state index contributed by atoms with van der Waals surface area (Å²) in [6.07, 6.45) is 2.77.